The number of benzene rings is 2. The van der Waals surface area contributed by atoms with Crippen molar-refractivity contribution in [1.82, 2.24) is 14.5 Å². The Morgan fingerprint density at radius 3 is 2.59 bits per heavy atom. The van der Waals surface area contributed by atoms with Gasteiger partial charge in [0.1, 0.15) is 11.6 Å². The Morgan fingerprint density at radius 1 is 1.09 bits per heavy atom. The molecule has 0 radical (unpaired) electrons. The Bertz CT molecular complexity index is 1160. The van der Waals surface area contributed by atoms with Crippen LogP contribution in [0.4, 0.5) is 0 Å². The van der Waals surface area contributed by atoms with Crippen LogP contribution in [0.25, 0.3) is 11.0 Å². The summed E-state index contributed by atoms with van der Waals surface area (Å²) in [5.74, 6) is 2.43. The largest absolute Gasteiger partial charge is 0.494 e. The monoisotopic (exact) mass is 479 g/mol. The highest BCUT2D eigenvalue weighted by Crippen LogP contribution is 2.35. The van der Waals surface area contributed by atoms with E-state index in [0.717, 1.165) is 77.5 Å². The van der Waals surface area contributed by atoms with Crippen molar-refractivity contribution in [2.24, 2.45) is 0 Å². The lowest BCUT2D eigenvalue weighted by Gasteiger charge is -2.24. The number of hydrogen-bond donors (Lipinski definition) is 0. The summed E-state index contributed by atoms with van der Waals surface area (Å²) in [6.45, 7) is 6.38. The normalized spacial score (nSPS) is 19.0. The van der Waals surface area contributed by atoms with Crippen LogP contribution in [0.1, 0.15) is 67.8 Å². The minimum Gasteiger partial charge on any atom is -0.494 e. The highest BCUT2D eigenvalue weighted by atomic mass is 35.5. The molecule has 1 amide bonds. The molecule has 34 heavy (non-hydrogen) atoms. The third-order valence-corrected chi connectivity index (χ3v) is 8.02. The average Bonchev–Trinajstić information content (AvgIpc) is 3.56. The SMILES string of the molecule is Cc1cc(OCCCCn2c(C3CC(=O)N(C4CCCC4)C3)nc3ccccc32)cc(C)c1Cl. The predicted molar refractivity (Wildman–Crippen MR) is 137 cm³/mol. The van der Waals surface area contributed by atoms with Crippen molar-refractivity contribution in [1.29, 1.82) is 0 Å². The van der Waals surface area contributed by atoms with Crippen molar-refractivity contribution >= 4 is 28.5 Å². The zero-order valence-corrected chi connectivity index (χ0v) is 21.0. The van der Waals surface area contributed by atoms with Gasteiger partial charge in [0, 0.05) is 36.5 Å². The lowest BCUT2D eigenvalue weighted by molar-refractivity contribution is -0.129. The number of halogens is 1. The summed E-state index contributed by atoms with van der Waals surface area (Å²) >= 11 is 6.27. The first-order chi connectivity index (χ1) is 16.5. The quantitative estimate of drug-likeness (QED) is 0.350. The molecule has 1 aliphatic heterocycles. The van der Waals surface area contributed by atoms with Gasteiger partial charge in [0.05, 0.1) is 17.6 Å². The molecule has 1 aromatic heterocycles. The fourth-order valence-electron chi connectivity index (χ4n) is 5.67. The molecule has 5 nitrogen and oxygen atoms in total. The van der Waals surface area contributed by atoms with E-state index in [1.807, 2.05) is 32.0 Å². The molecule has 180 valence electrons. The third-order valence-electron chi connectivity index (χ3n) is 7.43. The van der Waals surface area contributed by atoms with E-state index in [2.05, 4.69) is 27.7 Å². The van der Waals surface area contributed by atoms with Gasteiger partial charge in [-0.25, -0.2) is 4.98 Å². The molecule has 2 heterocycles. The first-order valence-electron chi connectivity index (χ1n) is 12.7. The molecule has 2 aromatic carbocycles. The minimum atomic E-state index is 0.178. The molecule has 5 rings (SSSR count). The van der Waals surface area contributed by atoms with E-state index in [4.69, 9.17) is 21.3 Å². The van der Waals surface area contributed by atoms with Crippen LogP contribution in [-0.2, 0) is 11.3 Å². The smallest absolute Gasteiger partial charge is 0.223 e. The number of carbonyl (C=O) groups excluding carboxylic acids is 1. The van der Waals surface area contributed by atoms with Gasteiger partial charge >= 0.3 is 0 Å². The summed E-state index contributed by atoms with van der Waals surface area (Å²) in [4.78, 5) is 20.0. The van der Waals surface area contributed by atoms with Crippen LogP contribution in [0.3, 0.4) is 0 Å². The zero-order chi connectivity index (χ0) is 23.7. The number of aromatic nitrogens is 2. The number of rotatable bonds is 8. The van der Waals surface area contributed by atoms with Gasteiger partial charge in [-0.05, 0) is 74.9 Å². The Hall–Kier alpha value is -2.53. The van der Waals surface area contributed by atoms with Crippen molar-refractivity contribution in [3.63, 3.8) is 0 Å². The predicted octanol–water partition coefficient (Wildman–Crippen LogP) is 6.42. The Balaban J connectivity index is 1.25. The fourth-order valence-corrected chi connectivity index (χ4v) is 5.77. The highest BCUT2D eigenvalue weighted by molar-refractivity contribution is 6.32. The van der Waals surface area contributed by atoms with E-state index < -0.39 is 0 Å². The zero-order valence-electron chi connectivity index (χ0n) is 20.2. The molecule has 2 aliphatic rings. The van der Waals surface area contributed by atoms with Crippen LogP contribution < -0.4 is 4.74 Å². The number of nitrogens with zero attached hydrogens (tertiary/aromatic N) is 3. The van der Waals surface area contributed by atoms with Crippen LogP contribution in [0.5, 0.6) is 5.75 Å². The standard InChI is InChI=1S/C28H34ClN3O2/c1-19-15-23(16-20(2)27(19)29)34-14-8-7-13-31-25-12-6-5-11-24(25)30-28(31)21-17-26(33)32(18-21)22-9-3-4-10-22/h5-6,11-12,15-16,21-22H,3-4,7-10,13-14,17-18H2,1-2H3. The fraction of sp³-hybridized carbons (Fsp3) is 0.500. The van der Waals surface area contributed by atoms with E-state index in [1.165, 1.54) is 12.8 Å². The molecule has 0 N–H and O–H groups in total. The van der Waals surface area contributed by atoms with Crippen molar-refractivity contribution in [3.8, 4) is 5.75 Å². The first-order valence-corrected chi connectivity index (χ1v) is 13.0. The van der Waals surface area contributed by atoms with Crippen LogP contribution in [-0.4, -0.2) is 39.6 Å². The molecule has 2 fully saturated rings. The summed E-state index contributed by atoms with van der Waals surface area (Å²) in [5.41, 5.74) is 4.27. The number of para-hydroxylation sites is 2. The maximum Gasteiger partial charge on any atom is 0.223 e. The number of aryl methyl sites for hydroxylation is 3. The lowest BCUT2D eigenvalue weighted by Crippen LogP contribution is -2.34. The van der Waals surface area contributed by atoms with Gasteiger partial charge in [-0.2, -0.15) is 0 Å². The van der Waals surface area contributed by atoms with E-state index in [-0.39, 0.29) is 5.92 Å². The van der Waals surface area contributed by atoms with Gasteiger partial charge < -0.3 is 14.2 Å². The van der Waals surface area contributed by atoms with Gasteiger partial charge in [0.2, 0.25) is 5.91 Å². The highest BCUT2D eigenvalue weighted by Gasteiger charge is 2.38. The molecule has 0 bridgehead atoms. The number of imidazole rings is 1. The number of fused-ring (bicyclic) bond motifs is 1. The molecule has 1 aliphatic carbocycles. The minimum absolute atomic E-state index is 0.178. The Labute approximate surface area is 207 Å². The summed E-state index contributed by atoms with van der Waals surface area (Å²) in [7, 11) is 0. The first kappa shape index (κ1) is 23.2. The van der Waals surface area contributed by atoms with Crippen molar-refractivity contribution < 1.29 is 9.53 Å². The van der Waals surface area contributed by atoms with E-state index in [1.54, 1.807) is 0 Å². The Kier molecular flexibility index (Phi) is 6.82. The Morgan fingerprint density at radius 2 is 1.82 bits per heavy atom. The second-order valence-electron chi connectivity index (χ2n) is 9.92. The topological polar surface area (TPSA) is 47.4 Å². The molecule has 3 aromatic rings. The number of hydrogen-bond acceptors (Lipinski definition) is 3. The number of unbranched alkanes of at least 4 members (excludes halogenated alkanes) is 1. The van der Waals surface area contributed by atoms with Crippen LogP contribution >= 0.6 is 11.6 Å². The maximum atomic E-state index is 12.8. The van der Waals surface area contributed by atoms with E-state index in [9.17, 15) is 4.79 Å². The second kappa shape index (κ2) is 9.99. The molecular formula is C28H34ClN3O2. The van der Waals surface area contributed by atoms with Crippen LogP contribution in [0.15, 0.2) is 36.4 Å². The molecule has 6 heteroatoms. The van der Waals surface area contributed by atoms with Gasteiger partial charge in [0.25, 0.3) is 0 Å². The summed E-state index contributed by atoms with van der Waals surface area (Å²) < 4.78 is 8.36. The summed E-state index contributed by atoms with van der Waals surface area (Å²) in [5, 5.41) is 0.809. The number of ether oxygens (including phenoxy) is 1. The van der Waals surface area contributed by atoms with E-state index in [0.29, 0.717) is 25.0 Å². The van der Waals surface area contributed by atoms with Crippen LogP contribution in [0.2, 0.25) is 5.02 Å². The summed E-state index contributed by atoms with van der Waals surface area (Å²) in [6, 6.07) is 12.8. The van der Waals surface area contributed by atoms with Gasteiger partial charge in [0.15, 0.2) is 0 Å². The lowest BCUT2D eigenvalue weighted by atomic mass is 10.1. The summed E-state index contributed by atoms with van der Waals surface area (Å²) in [6.07, 6.45) is 7.32. The maximum absolute atomic E-state index is 12.8. The third kappa shape index (κ3) is 4.68. The molecule has 1 saturated heterocycles. The van der Waals surface area contributed by atoms with Gasteiger partial charge in [-0.15, -0.1) is 0 Å². The van der Waals surface area contributed by atoms with Gasteiger partial charge in [-0.3, -0.25) is 4.79 Å². The van der Waals surface area contributed by atoms with Crippen molar-refractivity contribution in [2.75, 3.05) is 13.2 Å². The number of likely N-dealkylation sites (tertiary alicyclic amines) is 1. The van der Waals surface area contributed by atoms with Gasteiger partial charge in [-0.1, -0.05) is 36.6 Å². The molecule has 1 unspecified atom stereocenters. The molecule has 1 saturated carbocycles. The van der Waals surface area contributed by atoms with Crippen molar-refractivity contribution in [2.45, 2.75) is 77.3 Å². The number of amides is 1. The molecule has 1 atom stereocenters. The molecule has 0 spiro atoms. The average molecular weight is 480 g/mol. The number of carbonyl (C=O) groups is 1. The van der Waals surface area contributed by atoms with Crippen molar-refractivity contribution in [3.05, 3.63) is 58.4 Å². The second-order valence-corrected chi connectivity index (χ2v) is 10.3. The van der Waals surface area contributed by atoms with Crippen LogP contribution in [0, 0.1) is 13.8 Å². The van der Waals surface area contributed by atoms with E-state index >= 15 is 0 Å². The molecular weight excluding hydrogens is 446 g/mol.